The molecule has 346 valence electrons. The third-order valence-corrected chi connectivity index (χ3v) is 15.7. The predicted octanol–water partition coefficient (Wildman–Crippen LogP) is 19.4. The standard InChI is InChI=1S/C71H46N2O/c1-2-22-49(23-3-1)73-67-37-15-12-34-63(67)71(64-35-13-16-38-68(64)73)62-33-11-8-27-57(62)58-45-44-51(46-65(58)71)72(50-42-40-48(41-43-50)53-30-19-32-61-60-29-10-17-39-69(60)74-70(53)61)66-36-14-9-28-59(66)56-26-7-6-25-55(56)54-31-18-21-47-20-4-5-24-52(47)54/h1-46H. The quantitative estimate of drug-likeness (QED) is 0.159. The molecule has 0 atom stereocenters. The normalized spacial score (nSPS) is 12.9. The number of anilines is 6. The third kappa shape index (κ3) is 6.20. The van der Waals surface area contributed by atoms with Gasteiger partial charge in [0.15, 0.2) is 0 Å². The van der Waals surface area contributed by atoms with Gasteiger partial charge in [0.1, 0.15) is 11.2 Å². The maximum Gasteiger partial charge on any atom is 0.143 e. The average Bonchev–Trinajstić information content (AvgIpc) is 4.07. The maximum atomic E-state index is 6.59. The van der Waals surface area contributed by atoms with Gasteiger partial charge in [-0.05, 0) is 127 Å². The molecule has 0 N–H and O–H groups in total. The Bertz CT molecular complexity index is 4290. The van der Waals surface area contributed by atoms with Crippen LogP contribution >= 0.6 is 0 Å². The molecule has 1 aromatic heterocycles. The van der Waals surface area contributed by atoms with E-state index in [-0.39, 0.29) is 0 Å². The molecule has 0 bridgehead atoms. The van der Waals surface area contributed by atoms with Crippen LogP contribution in [0, 0.1) is 0 Å². The molecule has 0 saturated carbocycles. The smallest absolute Gasteiger partial charge is 0.143 e. The lowest BCUT2D eigenvalue weighted by molar-refractivity contribution is 0.670. The molecule has 0 fully saturated rings. The van der Waals surface area contributed by atoms with Gasteiger partial charge < -0.3 is 14.2 Å². The van der Waals surface area contributed by atoms with Crippen LogP contribution < -0.4 is 9.80 Å². The van der Waals surface area contributed by atoms with Gasteiger partial charge in [0.2, 0.25) is 0 Å². The first kappa shape index (κ1) is 42.0. The van der Waals surface area contributed by atoms with E-state index in [0.717, 1.165) is 61.4 Å². The highest BCUT2D eigenvalue weighted by Gasteiger charge is 2.52. The second-order valence-electron chi connectivity index (χ2n) is 19.5. The molecule has 1 aliphatic carbocycles. The minimum atomic E-state index is -0.623. The van der Waals surface area contributed by atoms with Crippen molar-refractivity contribution in [3.8, 4) is 44.5 Å². The highest BCUT2D eigenvalue weighted by Crippen LogP contribution is 2.64. The van der Waals surface area contributed by atoms with Crippen molar-refractivity contribution in [1.82, 2.24) is 0 Å². The topological polar surface area (TPSA) is 19.6 Å². The van der Waals surface area contributed by atoms with E-state index in [1.807, 2.05) is 6.07 Å². The number of para-hydroxylation sites is 6. The SMILES string of the molecule is c1ccc(N2c3ccccc3C3(c4ccccc4-c4ccc(N(c5ccc(-c6cccc7c6oc6ccccc67)cc5)c5ccccc5-c5ccccc5-c5cccc6ccccc56)cc43)c3ccccc32)cc1. The average molecular weight is 943 g/mol. The molecular weight excluding hydrogens is 897 g/mol. The summed E-state index contributed by atoms with van der Waals surface area (Å²) in [6.45, 7) is 0. The van der Waals surface area contributed by atoms with Gasteiger partial charge in [-0.25, -0.2) is 0 Å². The Labute approximate surface area is 430 Å². The molecule has 74 heavy (non-hydrogen) atoms. The summed E-state index contributed by atoms with van der Waals surface area (Å²) in [6.07, 6.45) is 0. The summed E-state index contributed by atoms with van der Waals surface area (Å²) in [5, 5.41) is 4.70. The molecule has 1 aliphatic heterocycles. The number of benzene rings is 12. The second kappa shape index (κ2) is 16.7. The third-order valence-electron chi connectivity index (χ3n) is 15.7. The number of nitrogens with zero attached hydrogens (tertiary/aromatic N) is 2. The minimum absolute atomic E-state index is 0.623. The van der Waals surface area contributed by atoms with Crippen molar-refractivity contribution in [3.05, 3.63) is 301 Å². The first-order valence-corrected chi connectivity index (χ1v) is 25.5. The van der Waals surface area contributed by atoms with Crippen LogP contribution in [0.25, 0.3) is 77.2 Å². The summed E-state index contributed by atoms with van der Waals surface area (Å²) in [6, 6.07) is 102. The second-order valence-corrected chi connectivity index (χ2v) is 19.5. The number of hydrogen-bond donors (Lipinski definition) is 0. The Balaban J connectivity index is 0.973. The minimum Gasteiger partial charge on any atom is -0.455 e. The summed E-state index contributed by atoms with van der Waals surface area (Å²) in [5.74, 6) is 0. The summed E-state index contributed by atoms with van der Waals surface area (Å²) in [5.41, 5.74) is 22.3. The van der Waals surface area contributed by atoms with Crippen LogP contribution in [-0.4, -0.2) is 0 Å². The largest absolute Gasteiger partial charge is 0.455 e. The number of rotatable bonds is 7. The first-order valence-electron chi connectivity index (χ1n) is 25.5. The van der Waals surface area contributed by atoms with E-state index in [0.29, 0.717) is 0 Å². The molecule has 0 unspecified atom stereocenters. The lowest BCUT2D eigenvalue weighted by atomic mass is 9.64. The van der Waals surface area contributed by atoms with Gasteiger partial charge in [-0.2, -0.15) is 0 Å². The Kier molecular flexibility index (Phi) is 9.48. The fraction of sp³-hybridized carbons (Fsp3) is 0.0141. The first-order chi connectivity index (χ1) is 36.7. The maximum absolute atomic E-state index is 6.59. The van der Waals surface area contributed by atoms with Crippen LogP contribution in [0.2, 0.25) is 0 Å². The van der Waals surface area contributed by atoms with E-state index in [2.05, 4.69) is 283 Å². The molecule has 0 saturated heterocycles. The molecule has 15 rings (SSSR count). The van der Waals surface area contributed by atoms with E-state index in [9.17, 15) is 0 Å². The summed E-state index contributed by atoms with van der Waals surface area (Å²) in [7, 11) is 0. The summed E-state index contributed by atoms with van der Waals surface area (Å²) >= 11 is 0. The predicted molar refractivity (Wildman–Crippen MR) is 308 cm³/mol. The Morgan fingerprint density at radius 2 is 0.851 bits per heavy atom. The zero-order chi connectivity index (χ0) is 48.7. The molecule has 2 heterocycles. The zero-order valence-corrected chi connectivity index (χ0v) is 40.4. The lowest BCUT2D eigenvalue weighted by Crippen LogP contribution is -2.36. The van der Waals surface area contributed by atoms with Gasteiger partial charge in [0.25, 0.3) is 0 Å². The Hall–Kier alpha value is -9.70. The fourth-order valence-electron chi connectivity index (χ4n) is 12.6. The number of furan rings is 1. The Morgan fingerprint density at radius 3 is 1.64 bits per heavy atom. The van der Waals surface area contributed by atoms with Gasteiger partial charge in [-0.1, -0.05) is 218 Å². The lowest BCUT2D eigenvalue weighted by Gasteiger charge is -2.45. The monoisotopic (exact) mass is 942 g/mol. The molecule has 3 nitrogen and oxygen atoms in total. The van der Waals surface area contributed by atoms with Gasteiger partial charge in [0, 0.05) is 39.0 Å². The van der Waals surface area contributed by atoms with Crippen LogP contribution in [0.4, 0.5) is 34.1 Å². The molecule has 0 amide bonds. The van der Waals surface area contributed by atoms with Gasteiger partial charge >= 0.3 is 0 Å². The zero-order valence-electron chi connectivity index (χ0n) is 40.4. The van der Waals surface area contributed by atoms with E-state index < -0.39 is 5.41 Å². The van der Waals surface area contributed by atoms with E-state index in [1.54, 1.807) is 0 Å². The van der Waals surface area contributed by atoms with Crippen molar-refractivity contribution in [2.24, 2.45) is 0 Å². The highest BCUT2D eigenvalue weighted by molar-refractivity contribution is 6.10. The Morgan fingerprint density at radius 1 is 0.324 bits per heavy atom. The molecule has 3 heteroatoms. The van der Waals surface area contributed by atoms with Crippen molar-refractivity contribution in [2.45, 2.75) is 5.41 Å². The molecular formula is C71H46N2O. The molecule has 2 aliphatic rings. The van der Waals surface area contributed by atoms with Crippen LogP contribution in [0.3, 0.4) is 0 Å². The number of hydrogen-bond acceptors (Lipinski definition) is 3. The fourth-order valence-corrected chi connectivity index (χ4v) is 12.6. The molecule has 1 spiro atoms. The molecule has 0 radical (unpaired) electrons. The van der Waals surface area contributed by atoms with E-state index >= 15 is 0 Å². The summed E-state index contributed by atoms with van der Waals surface area (Å²) < 4.78 is 6.59. The molecule has 13 aromatic rings. The van der Waals surface area contributed by atoms with Crippen molar-refractivity contribution >= 4 is 66.8 Å². The highest BCUT2D eigenvalue weighted by atomic mass is 16.3. The molecule has 12 aromatic carbocycles. The van der Waals surface area contributed by atoms with Crippen molar-refractivity contribution < 1.29 is 4.42 Å². The number of fused-ring (bicyclic) bond motifs is 13. The van der Waals surface area contributed by atoms with Crippen molar-refractivity contribution in [2.75, 3.05) is 9.80 Å². The van der Waals surface area contributed by atoms with E-state index in [4.69, 9.17) is 4.42 Å². The van der Waals surface area contributed by atoms with Crippen LogP contribution in [-0.2, 0) is 5.41 Å². The van der Waals surface area contributed by atoms with Crippen LogP contribution in [0.1, 0.15) is 22.3 Å². The van der Waals surface area contributed by atoms with Gasteiger partial charge in [0.05, 0.1) is 22.5 Å². The van der Waals surface area contributed by atoms with Crippen LogP contribution in [0.15, 0.2) is 283 Å². The van der Waals surface area contributed by atoms with Crippen molar-refractivity contribution in [3.63, 3.8) is 0 Å². The van der Waals surface area contributed by atoms with Crippen LogP contribution in [0.5, 0.6) is 0 Å². The van der Waals surface area contributed by atoms with Gasteiger partial charge in [-0.15, -0.1) is 0 Å². The van der Waals surface area contributed by atoms with Gasteiger partial charge in [-0.3, -0.25) is 0 Å². The van der Waals surface area contributed by atoms with E-state index in [1.165, 1.54) is 72.2 Å². The van der Waals surface area contributed by atoms with Crippen molar-refractivity contribution in [1.29, 1.82) is 0 Å². The summed E-state index contributed by atoms with van der Waals surface area (Å²) in [4.78, 5) is 4.93.